The maximum absolute atomic E-state index is 12.2. The second kappa shape index (κ2) is 5.13. The topological polar surface area (TPSA) is 43.4 Å². The molecule has 5 fully saturated rings. The molecular formula is C25H34O3. The number of hydrogen-bond acceptors (Lipinski definition) is 3. The van der Waals surface area contributed by atoms with Gasteiger partial charge in [0.05, 0.1) is 0 Å². The molecule has 0 aromatic heterocycles. The highest BCUT2D eigenvalue weighted by Gasteiger charge is 2.79. The summed E-state index contributed by atoms with van der Waals surface area (Å²) in [6.45, 7) is 9.78. The van der Waals surface area contributed by atoms with E-state index in [0.29, 0.717) is 47.7 Å². The number of esters is 1. The first kappa shape index (κ1) is 17.7. The highest BCUT2D eigenvalue weighted by molar-refractivity contribution is 5.91. The first-order chi connectivity index (χ1) is 13.2. The minimum Gasteiger partial charge on any atom is -0.458 e. The van der Waals surface area contributed by atoms with Crippen molar-refractivity contribution < 1.29 is 14.3 Å². The van der Waals surface area contributed by atoms with E-state index in [1.165, 1.54) is 24.8 Å². The predicted octanol–water partition coefficient (Wildman–Crippen LogP) is 4.94. The SMILES string of the molecule is CC1C2=CC(=O)CC[C@]2(C)C2CC[C@@]3(C)C(C4CC4[C@@]34CCC(=O)O4)C2C1C. The van der Waals surface area contributed by atoms with E-state index in [0.717, 1.165) is 25.2 Å². The summed E-state index contributed by atoms with van der Waals surface area (Å²) in [5, 5.41) is 0. The highest BCUT2D eigenvalue weighted by Crippen LogP contribution is 2.80. The van der Waals surface area contributed by atoms with Crippen LogP contribution in [-0.2, 0) is 14.3 Å². The quantitative estimate of drug-likeness (QED) is 0.557. The molecule has 0 aromatic carbocycles. The van der Waals surface area contributed by atoms with E-state index in [2.05, 4.69) is 27.7 Å². The number of hydrogen-bond donors (Lipinski definition) is 0. The molecule has 3 heteroatoms. The average Bonchev–Trinajstić information content (AvgIpc) is 3.30. The minimum atomic E-state index is -0.160. The molecule has 0 aromatic rings. The van der Waals surface area contributed by atoms with Gasteiger partial charge in [0.1, 0.15) is 5.60 Å². The molecule has 10 atom stereocenters. The normalized spacial score (nSPS) is 59.1. The van der Waals surface area contributed by atoms with Crippen molar-refractivity contribution >= 4 is 11.8 Å². The van der Waals surface area contributed by atoms with Gasteiger partial charge in [0.25, 0.3) is 0 Å². The van der Waals surface area contributed by atoms with Crippen molar-refractivity contribution in [2.75, 3.05) is 0 Å². The smallest absolute Gasteiger partial charge is 0.306 e. The second-order valence-electron chi connectivity index (χ2n) is 11.7. The molecular weight excluding hydrogens is 348 g/mol. The molecule has 1 spiro atoms. The molecule has 28 heavy (non-hydrogen) atoms. The first-order valence-electron chi connectivity index (χ1n) is 11.7. The van der Waals surface area contributed by atoms with Crippen LogP contribution < -0.4 is 0 Å². The number of ether oxygens (including phenoxy) is 1. The van der Waals surface area contributed by atoms with Crippen molar-refractivity contribution in [1.29, 1.82) is 0 Å². The van der Waals surface area contributed by atoms with Gasteiger partial charge in [-0.2, -0.15) is 0 Å². The molecule has 0 amide bonds. The van der Waals surface area contributed by atoms with Crippen molar-refractivity contribution in [3.63, 3.8) is 0 Å². The summed E-state index contributed by atoms with van der Waals surface area (Å²) in [4.78, 5) is 24.4. The molecule has 6 aliphatic rings. The Kier molecular flexibility index (Phi) is 3.25. The lowest BCUT2D eigenvalue weighted by molar-refractivity contribution is -0.181. The lowest BCUT2D eigenvalue weighted by atomic mass is 9.41. The first-order valence-corrected chi connectivity index (χ1v) is 11.7. The third-order valence-corrected chi connectivity index (χ3v) is 11.0. The van der Waals surface area contributed by atoms with Crippen LogP contribution in [0.4, 0.5) is 0 Å². The van der Waals surface area contributed by atoms with E-state index in [-0.39, 0.29) is 22.4 Å². The average molecular weight is 383 g/mol. The van der Waals surface area contributed by atoms with Crippen LogP contribution in [-0.4, -0.2) is 17.4 Å². The van der Waals surface area contributed by atoms with Crippen LogP contribution >= 0.6 is 0 Å². The van der Waals surface area contributed by atoms with Crippen molar-refractivity contribution in [3.8, 4) is 0 Å². The van der Waals surface area contributed by atoms with E-state index >= 15 is 0 Å². The van der Waals surface area contributed by atoms with Crippen LogP contribution in [0.5, 0.6) is 0 Å². The van der Waals surface area contributed by atoms with E-state index < -0.39 is 0 Å². The third kappa shape index (κ3) is 1.80. The predicted molar refractivity (Wildman–Crippen MR) is 106 cm³/mol. The van der Waals surface area contributed by atoms with Crippen LogP contribution in [0.25, 0.3) is 0 Å². The van der Waals surface area contributed by atoms with Crippen molar-refractivity contribution in [3.05, 3.63) is 11.6 Å². The molecule has 4 saturated carbocycles. The summed E-state index contributed by atoms with van der Waals surface area (Å²) < 4.78 is 6.23. The van der Waals surface area contributed by atoms with Crippen LogP contribution in [0, 0.1) is 52.3 Å². The molecule has 7 unspecified atom stereocenters. The standard InChI is InChI=1S/C25H34O3/c1-13-14(2)21-17(23(3)8-5-15(26)11-18(13)23)6-9-24(4)22(21)16-12-19(16)25(24)10-7-20(27)28-25/h11,13-14,16-17,19,21-22H,5-10,12H2,1-4H3/t13?,14?,16?,17?,19?,21?,22?,23-,24+,25+/m1/s1. The van der Waals surface area contributed by atoms with Crippen molar-refractivity contribution in [1.82, 2.24) is 0 Å². The zero-order valence-electron chi connectivity index (χ0n) is 17.8. The fraction of sp³-hybridized carbons (Fsp3) is 0.840. The fourth-order valence-corrected chi connectivity index (χ4v) is 9.61. The summed E-state index contributed by atoms with van der Waals surface area (Å²) >= 11 is 0. The van der Waals surface area contributed by atoms with E-state index in [1.807, 2.05) is 6.08 Å². The van der Waals surface area contributed by atoms with Gasteiger partial charge in [-0.15, -0.1) is 0 Å². The number of carbonyl (C=O) groups is 2. The molecule has 0 N–H and O–H groups in total. The monoisotopic (exact) mass is 382 g/mol. The number of fused-ring (bicyclic) bond motifs is 9. The van der Waals surface area contributed by atoms with E-state index in [9.17, 15) is 9.59 Å². The van der Waals surface area contributed by atoms with Gasteiger partial charge >= 0.3 is 5.97 Å². The minimum absolute atomic E-state index is 0.0442. The van der Waals surface area contributed by atoms with E-state index in [1.54, 1.807) is 0 Å². The molecule has 0 bridgehead atoms. The van der Waals surface area contributed by atoms with Gasteiger partial charge in [-0.05, 0) is 79.1 Å². The lowest BCUT2D eigenvalue weighted by Crippen LogP contribution is -2.59. The number of rotatable bonds is 0. The Hall–Kier alpha value is -1.12. The summed E-state index contributed by atoms with van der Waals surface area (Å²) in [6.07, 6.45) is 9.07. The van der Waals surface area contributed by atoms with Gasteiger partial charge in [-0.1, -0.05) is 33.3 Å². The summed E-state index contributed by atoms with van der Waals surface area (Å²) in [6, 6.07) is 0. The summed E-state index contributed by atoms with van der Waals surface area (Å²) in [7, 11) is 0. The molecule has 1 saturated heterocycles. The molecule has 1 aliphatic heterocycles. The molecule has 1 heterocycles. The maximum atomic E-state index is 12.2. The molecule has 6 rings (SSSR count). The van der Waals surface area contributed by atoms with Gasteiger partial charge < -0.3 is 4.74 Å². The maximum Gasteiger partial charge on any atom is 0.306 e. The highest BCUT2D eigenvalue weighted by atomic mass is 16.6. The Labute approximate surface area is 168 Å². The molecule has 0 radical (unpaired) electrons. The number of carbonyl (C=O) groups excluding carboxylic acids is 2. The number of ketones is 1. The Morgan fingerprint density at radius 2 is 1.82 bits per heavy atom. The van der Waals surface area contributed by atoms with Crippen LogP contribution in [0.3, 0.4) is 0 Å². The van der Waals surface area contributed by atoms with Gasteiger partial charge in [-0.25, -0.2) is 0 Å². The Morgan fingerprint density at radius 1 is 1.04 bits per heavy atom. The zero-order chi connectivity index (χ0) is 19.6. The summed E-state index contributed by atoms with van der Waals surface area (Å²) in [5.74, 6) is 4.93. The van der Waals surface area contributed by atoms with Gasteiger partial charge in [-0.3, -0.25) is 9.59 Å². The van der Waals surface area contributed by atoms with Crippen LogP contribution in [0.2, 0.25) is 0 Å². The van der Waals surface area contributed by atoms with E-state index in [4.69, 9.17) is 4.74 Å². The lowest BCUT2D eigenvalue weighted by Gasteiger charge is -2.63. The van der Waals surface area contributed by atoms with Gasteiger partial charge in [0, 0.05) is 24.2 Å². The molecule has 5 aliphatic carbocycles. The third-order valence-electron chi connectivity index (χ3n) is 11.0. The van der Waals surface area contributed by atoms with Crippen molar-refractivity contribution in [2.24, 2.45) is 52.3 Å². The van der Waals surface area contributed by atoms with Gasteiger partial charge in [0.15, 0.2) is 5.78 Å². The largest absolute Gasteiger partial charge is 0.458 e. The van der Waals surface area contributed by atoms with Crippen LogP contribution in [0.15, 0.2) is 11.6 Å². The zero-order valence-corrected chi connectivity index (χ0v) is 17.8. The second-order valence-corrected chi connectivity index (χ2v) is 11.7. The fourth-order valence-electron chi connectivity index (χ4n) is 9.61. The Balaban J connectivity index is 1.45. The van der Waals surface area contributed by atoms with Gasteiger partial charge in [0.2, 0.25) is 0 Å². The van der Waals surface area contributed by atoms with Crippen molar-refractivity contribution in [2.45, 2.75) is 78.2 Å². The number of allylic oxidation sites excluding steroid dienone is 1. The Morgan fingerprint density at radius 3 is 2.54 bits per heavy atom. The molecule has 3 nitrogen and oxygen atoms in total. The van der Waals surface area contributed by atoms with Crippen LogP contribution in [0.1, 0.15) is 72.6 Å². The Bertz CT molecular complexity index is 813. The molecule has 152 valence electrons. The summed E-state index contributed by atoms with van der Waals surface area (Å²) in [5.41, 5.74) is 1.64.